The maximum Gasteiger partial charge on any atom is 0.228 e. The van der Waals surface area contributed by atoms with Crippen LogP contribution in [0, 0.1) is 11.7 Å². The third-order valence-corrected chi connectivity index (χ3v) is 4.65. The van der Waals surface area contributed by atoms with Crippen LogP contribution in [0.15, 0.2) is 24.3 Å². The summed E-state index contributed by atoms with van der Waals surface area (Å²) in [5, 5.41) is 0. The van der Waals surface area contributed by atoms with Crippen LogP contribution in [0.3, 0.4) is 0 Å². The predicted molar refractivity (Wildman–Crippen MR) is 85.7 cm³/mol. The highest BCUT2D eigenvalue weighted by molar-refractivity contribution is 6.00. The molecule has 3 rings (SSSR count). The molecule has 1 atom stereocenters. The molecule has 128 valence electrons. The quantitative estimate of drug-likeness (QED) is 0.807. The van der Waals surface area contributed by atoms with Crippen molar-refractivity contribution in [3.63, 3.8) is 0 Å². The molecular weight excluding hydrogens is 313 g/mol. The van der Waals surface area contributed by atoms with Gasteiger partial charge in [-0.05, 0) is 12.1 Å². The standard InChI is InChI=1S/C17H20FN3O3/c1-12(22)19-6-8-20(9-7-19)17(24)13-10-16(23)21(11-13)15-5-3-2-4-14(15)18/h2-5,13H,6-11H2,1H3. The van der Waals surface area contributed by atoms with Crippen LogP contribution in [0.5, 0.6) is 0 Å². The van der Waals surface area contributed by atoms with Crippen LogP contribution >= 0.6 is 0 Å². The van der Waals surface area contributed by atoms with Gasteiger partial charge in [0, 0.05) is 46.1 Å². The molecule has 0 aliphatic carbocycles. The van der Waals surface area contributed by atoms with Gasteiger partial charge in [-0.25, -0.2) is 4.39 Å². The van der Waals surface area contributed by atoms with Gasteiger partial charge in [0.05, 0.1) is 11.6 Å². The van der Waals surface area contributed by atoms with Gasteiger partial charge in [0.25, 0.3) is 0 Å². The van der Waals surface area contributed by atoms with Gasteiger partial charge in [-0.15, -0.1) is 0 Å². The number of para-hydroxylation sites is 1. The Morgan fingerprint density at radius 1 is 1.08 bits per heavy atom. The lowest BCUT2D eigenvalue weighted by Crippen LogP contribution is -2.51. The van der Waals surface area contributed by atoms with E-state index in [0.29, 0.717) is 26.2 Å². The third-order valence-electron chi connectivity index (χ3n) is 4.65. The van der Waals surface area contributed by atoms with E-state index in [9.17, 15) is 18.8 Å². The van der Waals surface area contributed by atoms with Crippen LogP contribution in [0.2, 0.25) is 0 Å². The molecule has 2 heterocycles. The molecule has 0 radical (unpaired) electrons. The Hall–Kier alpha value is -2.44. The number of anilines is 1. The van der Waals surface area contributed by atoms with E-state index in [0.717, 1.165) is 0 Å². The molecule has 2 fully saturated rings. The highest BCUT2D eigenvalue weighted by Crippen LogP contribution is 2.28. The number of nitrogens with zero attached hydrogens (tertiary/aromatic N) is 3. The Balaban J connectivity index is 1.65. The zero-order chi connectivity index (χ0) is 17.3. The fourth-order valence-corrected chi connectivity index (χ4v) is 3.28. The van der Waals surface area contributed by atoms with Gasteiger partial charge in [-0.3, -0.25) is 14.4 Å². The number of piperazine rings is 1. The van der Waals surface area contributed by atoms with Crippen molar-refractivity contribution in [2.45, 2.75) is 13.3 Å². The zero-order valence-corrected chi connectivity index (χ0v) is 13.6. The molecule has 0 aromatic heterocycles. The first kappa shape index (κ1) is 16.4. The van der Waals surface area contributed by atoms with E-state index in [1.807, 2.05) is 0 Å². The Bertz CT molecular complexity index is 671. The zero-order valence-electron chi connectivity index (χ0n) is 13.6. The van der Waals surface area contributed by atoms with Crippen LogP contribution in [-0.2, 0) is 14.4 Å². The minimum atomic E-state index is -0.464. The largest absolute Gasteiger partial charge is 0.339 e. The lowest BCUT2D eigenvalue weighted by Gasteiger charge is -2.35. The number of halogens is 1. The third kappa shape index (κ3) is 3.11. The Morgan fingerprint density at radius 2 is 1.71 bits per heavy atom. The number of hydrogen-bond donors (Lipinski definition) is 0. The fraction of sp³-hybridized carbons (Fsp3) is 0.471. The van der Waals surface area contributed by atoms with E-state index in [4.69, 9.17) is 0 Å². The fourth-order valence-electron chi connectivity index (χ4n) is 3.28. The van der Waals surface area contributed by atoms with Gasteiger partial charge >= 0.3 is 0 Å². The number of amides is 3. The minimum Gasteiger partial charge on any atom is -0.339 e. The summed E-state index contributed by atoms with van der Waals surface area (Å²) in [7, 11) is 0. The number of hydrogen-bond acceptors (Lipinski definition) is 3. The van der Waals surface area contributed by atoms with Crippen LogP contribution in [-0.4, -0.2) is 60.2 Å². The van der Waals surface area contributed by atoms with Crippen LogP contribution in [0.1, 0.15) is 13.3 Å². The van der Waals surface area contributed by atoms with Gasteiger partial charge < -0.3 is 14.7 Å². The molecule has 6 nitrogen and oxygen atoms in total. The topological polar surface area (TPSA) is 60.9 Å². The second-order valence-corrected chi connectivity index (χ2v) is 6.19. The maximum absolute atomic E-state index is 13.9. The first-order valence-corrected chi connectivity index (χ1v) is 8.06. The Kier molecular flexibility index (Phi) is 4.51. The van der Waals surface area contributed by atoms with Crippen molar-refractivity contribution in [2.24, 2.45) is 5.92 Å². The van der Waals surface area contributed by atoms with E-state index in [2.05, 4.69) is 0 Å². The molecule has 2 aliphatic heterocycles. The lowest BCUT2D eigenvalue weighted by molar-refractivity contribution is -0.141. The monoisotopic (exact) mass is 333 g/mol. The summed E-state index contributed by atoms with van der Waals surface area (Å²) in [6, 6.07) is 6.09. The molecule has 24 heavy (non-hydrogen) atoms. The number of carbonyl (C=O) groups is 3. The first-order valence-electron chi connectivity index (χ1n) is 8.06. The predicted octanol–water partition coefficient (Wildman–Crippen LogP) is 0.869. The highest BCUT2D eigenvalue weighted by atomic mass is 19.1. The van der Waals surface area contributed by atoms with Crippen molar-refractivity contribution >= 4 is 23.4 Å². The van der Waals surface area contributed by atoms with Crippen molar-refractivity contribution < 1.29 is 18.8 Å². The summed E-state index contributed by atoms with van der Waals surface area (Å²) >= 11 is 0. The van der Waals surface area contributed by atoms with Crippen molar-refractivity contribution in [1.29, 1.82) is 0 Å². The number of benzene rings is 1. The minimum absolute atomic E-state index is 0.00358. The SMILES string of the molecule is CC(=O)N1CCN(C(=O)C2CC(=O)N(c3ccccc3F)C2)CC1. The van der Waals surface area contributed by atoms with Gasteiger partial charge in [-0.2, -0.15) is 0 Å². The number of carbonyl (C=O) groups excluding carboxylic acids is 3. The molecular formula is C17H20FN3O3. The number of rotatable bonds is 2. The Morgan fingerprint density at radius 3 is 2.33 bits per heavy atom. The lowest BCUT2D eigenvalue weighted by atomic mass is 10.1. The smallest absolute Gasteiger partial charge is 0.228 e. The van der Waals surface area contributed by atoms with E-state index in [1.165, 1.54) is 17.9 Å². The second kappa shape index (κ2) is 6.59. The second-order valence-electron chi connectivity index (χ2n) is 6.19. The molecule has 0 saturated carbocycles. The summed E-state index contributed by atoms with van der Waals surface area (Å²) in [5.41, 5.74) is 0.221. The van der Waals surface area contributed by atoms with E-state index < -0.39 is 11.7 Å². The molecule has 2 aliphatic rings. The molecule has 1 aromatic carbocycles. The summed E-state index contributed by atoms with van der Waals surface area (Å²) in [6.07, 6.45) is 0.0973. The summed E-state index contributed by atoms with van der Waals surface area (Å²) in [6.45, 7) is 3.69. The van der Waals surface area contributed by atoms with E-state index in [-0.39, 0.29) is 36.4 Å². The van der Waals surface area contributed by atoms with Crippen molar-refractivity contribution in [2.75, 3.05) is 37.6 Å². The first-order chi connectivity index (χ1) is 11.5. The molecule has 0 N–H and O–H groups in total. The highest BCUT2D eigenvalue weighted by Gasteiger charge is 2.38. The van der Waals surface area contributed by atoms with E-state index in [1.54, 1.807) is 28.0 Å². The summed E-state index contributed by atoms with van der Waals surface area (Å²) in [4.78, 5) is 40.9. The molecule has 3 amide bonds. The van der Waals surface area contributed by atoms with E-state index >= 15 is 0 Å². The average molecular weight is 333 g/mol. The van der Waals surface area contributed by atoms with Crippen LogP contribution in [0.4, 0.5) is 10.1 Å². The molecule has 0 bridgehead atoms. The van der Waals surface area contributed by atoms with Crippen LogP contribution < -0.4 is 4.90 Å². The van der Waals surface area contributed by atoms with Crippen LogP contribution in [0.25, 0.3) is 0 Å². The van der Waals surface area contributed by atoms with Gasteiger partial charge in [0.15, 0.2) is 0 Å². The molecule has 0 spiro atoms. The van der Waals surface area contributed by atoms with Gasteiger partial charge in [-0.1, -0.05) is 12.1 Å². The molecule has 1 aromatic rings. The summed E-state index contributed by atoms with van der Waals surface area (Å²) < 4.78 is 13.9. The van der Waals surface area contributed by atoms with Gasteiger partial charge in [0.2, 0.25) is 17.7 Å². The summed E-state index contributed by atoms with van der Waals surface area (Å²) in [5.74, 6) is -1.25. The van der Waals surface area contributed by atoms with Crippen molar-refractivity contribution in [3.05, 3.63) is 30.1 Å². The van der Waals surface area contributed by atoms with Crippen molar-refractivity contribution in [1.82, 2.24) is 9.80 Å². The Labute approximate surface area is 139 Å². The van der Waals surface area contributed by atoms with Crippen molar-refractivity contribution in [3.8, 4) is 0 Å². The normalized spacial score (nSPS) is 21.3. The average Bonchev–Trinajstić information content (AvgIpc) is 2.96. The molecule has 7 heteroatoms. The molecule has 1 unspecified atom stereocenters. The molecule has 2 saturated heterocycles. The van der Waals surface area contributed by atoms with Gasteiger partial charge in [0.1, 0.15) is 5.82 Å². The maximum atomic E-state index is 13.9.